The Morgan fingerprint density at radius 1 is 1.22 bits per heavy atom. The number of aliphatic imine (C=N–C) groups is 1. The topological polar surface area (TPSA) is 48.9 Å². The first-order valence-corrected chi connectivity index (χ1v) is 10.3. The third kappa shape index (κ3) is 6.90. The lowest BCUT2D eigenvalue weighted by molar-refractivity contribution is -0.137. The van der Waals surface area contributed by atoms with Crippen LogP contribution in [0.4, 0.5) is 13.2 Å². The molecule has 9 heteroatoms. The van der Waals surface area contributed by atoms with Crippen LogP contribution in [0.5, 0.6) is 0 Å². The Morgan fingerprint density at radius 2 is 1.89 bits per heavy atom. The fourth-order valence-electron chi connectivity index (χ4n) is 2.93. The molecule has 1 aliphatic rings. The molecule has 1 unspecified atom stereocenters. The molecular weight excluding hydrogens is 377 g/mol. The second-order valence-electron chi connectivity index (χ2n) is 6.16. The summed E-state index contributed by atoms with van der Waals surface area (Å²) in [5.41, 5.74) is 0.214. The fraction of sp³-hybridized carbons (Fsp3) is 0.611. The van der Waals surface area contributed by atoms with Crippen LogP contribution < -0.4 is 10.6 Å². The van der Waals surface area contributed by atoms with Crippen molar-refractivity contribution < 1.29 is 17.9 Å². The van der Waals surface area contributed by atoms with E-state index in [9.17, 15) is 13.2 Å². The minimum absolute atomic E-state index is 0.0599. The van der Waals surface area contributed by atoms with Gasteiger partial charge in [-0.3, -0.25) is 9.89 Å². The number of ether oxygens (including phenoxy) is 1. The Hall–Kier alpha value is -1.45. The summed E-state index contributed by atoms with van der Waals surface area (Å²) in [7, 11) is 1.70. The Balaban J connectivity index is 2.09. The molecule has 1 fully saturated rings. The van der Waals surface area contributed by atoms with E-state index in [0.29, 0.717) is 25.7 Å². The zero-order valence-corrected chi connectivity index (χ0v) is 16.5. The van der Waals surface area contributed by atoms with Crippen molar-refractivity contribution in [3.63, 3.8) is 0 Å². The zero-order chi connectivity index (χ0) is 19.7. The summed E-state index contributed by atoms with van der Waals surface area (Å²) in [5.74, 6) is 1.65. The second kappa shape index (κ2) is 10.8. The van der Waals surface area contributed by atoms with E-state index in [1.54, 1.807) is 30.9 Å². The predicted octanol–water partition coefficient (Wildman–Crippen LogP) is 2.61. The van der Waals surface area contributed by atoms with E-state index in [-0.39, 0.29) is 6.04 Å². The number of guanidine groups is 1. The van der Waals surface area contributed by atoms with Crippen LogP contribution >= 0.6 is 11.8 Å². The zero-order valence-electron chi connectivity index (χ0n) is 15.7. The maximum atomic E-state index is 12.9. The van der Waals surface area contributed by atoms with Gasteiger partial charge in [-0.25, -0.2) is 0 Å². The summed E-state index contributed by atoms with van der Waals surface area (Å²) in [4.78, 5) is 6.44. The average molecular weight is 405 g/mol. The van der Waals surface area contributed by atoms with Gasteiger partial charge >= 0.3 is 6.18 Å². The summed E-state index contributed by atoms with van der Waals surface area (Å²) >= 11 is 1.74. The van der Waals surface area contributed by atoms with Crippen molar-refractivity contribution >= 4 is 17.7 Å². The van der Waals surface area contributed by atoms with Crippen molar-refractivity contribution in [2.24, 2.45) is 4.99 Å². The molecule has 1 aliphatic heterocycles. The molecule has 1 atom stereocenters. The molecule has 1 saturated heterocycles. The van der Waals surface area contributed by atoms with Gasteiger partial charge in [-0.2, -0.15) is 24.9 Å². The third-order valence-corrected chi connectivity index (χ3v) is 5.01. The highest BCUT2D eigenvalue weighted by Crippen LogP contribution is 2.31. The van der Waals surface area contributed by atoms with Crippen LogP contribution in [-0.4, -0.2) is 69.3 Å². The number of hydrogen-bond acceptors (Lipinski definition) is 4. The molecule has 0 bridgehead atoms. The summed E-state index contributed by atoms with van der Waals surface area (Å²) < 4.78 is 44.0. The molecule has 2 rings (SSSR count). The highest BCUT2D eigenvalue weighted by molar-refractivity contribution is 7.98. The van der Waals surface area contributed by atoms with Crippen molar-refractivity contribution in [2.45, 2.75) is 12.2 Å². The SMILES string of the molecule is CN=C(NCCSC)NCC(c1ccc(C(F)(F)F)cc1)N1CCOCC1. The van der Waals surface area contributed by atoms with Gasteiger partial charge in [0, 0.05) is 39.0 Å². The van der Waals surface area contributed by atoms with Gasteiger partial charge in [-0.15, -0.1) is 0 Å². The molecular formula is C18H27F3N4OS. The minimum Gasteiger partial charge on any atom is -0.379 e. The van der Waals surface area contributed by atoms with Crippen LogP contribution in [0.25, 0.3) is 0 Å². The molecule has 1 aromatic rings. The summed E-state index contributed by atoms with van der Waals surface area (Å²) in [6.45, 7) is 4.07. The van der Waals surface area contributed by atoms with E-state index in [1.807, 2.05) is 6.26 Å². The quantitative estimate of drug-likeness (QED) is 0.416. The first-order valence-electron chi connectivity index (χ1n) is 8.88. The fourth-order valence-corrected chi connectivity index (χ4v) is 3.23. The lowest BCUT2D eigenvalue weighted by Crippen LogP contribution is -2.46. The third-order valence-electron chi connectivity index (χ3n) is 4.39. The number of halogens is 3. The molecule has 27 heavy (non-hydrogen) atoms. The molecule has 2 N–H and O–H groups in total. The number of thioether (sulfide) groups is 1. The first-order chi connectivity index (χ1) is 13.0. The van der Waals surface area contributed by atoms with E-state index in [0.717, 1.165) is 43.1 Å². The van der Waals surface area contributed by atoms with Gasteiger partial charge in [0.25, 0.3) is 0 Å². The Labute approximate surface area is 162 Å². The van der Waals surface area contributed by atoms with Crippen LogP contribution in [0.2, 0.25) is 0 Å². The van der Waals surface area contributed by atoms with Gasteiger partial charge < -0.3 is 15.4 Å². The number of benzene rings is 1. The highest BCUT2D eigenvalue weighted by Gasteiger charge is 2.31. The van der Waals surface area contributed by atoms with Gasteiger partial charge in [-0.1, -0.05) is 12.1 Å². The lowest BCUT2D eigenvalue weighted by Gasteiger charge is -2.35. The predicted molar refractivity (Wildman–Crippen MR) is 104 cm³/mol. The van der Waals surface area contributed by atoms with E-state index >= 15 is 0 Å². The number of rotatable bonds is 7. The Morgan fingerprint density at radius 3 is 2.44 bits per heavy atom. The van der Waals surface area contributed by atoms with E-state index in [2.05, 4.69) is 20.5 Å². The number of nitrogens with zero attached hydrogens (tertiary/aromatic N) is 2. The molecule has 0 aliphatic carbocycles. The highest BCUT2D eigenvalue weighted by atomic mass is 32.2. The molecule has 5 nitrogen and oxygen atoms in total. The second-order valence-corrected chi connectivity index (χ2v) is 7.14. The number of alkyl halides is 3. The number of hydrogen-bond donors (Lipinski definition) is 2. The van der Waals surface area contributed by atoms with E-state index in [1.165, 1.54) is 0 Å². The largest absolute Gasteiger partial charge is 0.416 e. The maximum absolute atomic E-state index is 12.9. The smallest absolute Gasteiger partial charge is 0.379 e. The van der Waals surface area contributed by atoms with Crippen LogP contribution in [0, 0.1) is 0 Å². The molecule has 0 radical (unpaired) electrons. The van der Waals surface area contributed by atoms with Crippen LogP contribution in [0.3, 0.4) is 0 Å². The average Bonchev–Trinajstić information content (AvgIpc) is 2.67. The summed E-state index contributed by atoms with van der Waals surface area (Å²) in [6, 6.07) is 5.36. The van der Waals surface area contributed by atoms with Crippen LogP contribution in [0.15, 0.2) is 29.3 Å². The summed E-state index contributed by atoms with van der Waals surface area (Å²) in [5, 5.41) is 6.53. The molecule has 152 valence electrons. The van der Waals surface area contributed by atoms with Crippen molar-refractivity contribution in [1.82, 2.24) is 15.5 Å². The van der Waals surface area contributed by atoms with E-state index in [4.69, 9.17) is 4.74 Å². The molecule has 0 aromatic heterocycles. The Bertz CT molecular complexity index is 589. The van der Waals surface area contributed by atoms with Crippen molar-refractivity contribution in [3.05, 3.63) is 35.4 Å². The van der Waals surface area contributed by atoms with Gasteiger partial charge in [0.15, 0.2) is 5.96 Å². The van der Waals surface area contributed by atoms with Crippen molar-refractivity contribution in [1.29, 1.82) is 0 Å². The van der Waals surface area contributed by atoms with Gasteiger partial charge in [0.05, 0.1) is 24.8 Å². The molecule has 0 saturated carbocycles. The van der Waals surface area contributed by atoms with Crippen LogP contribution in [0.1, 0.15) is 17.2 Å². The minimum atomic E-state index is -4.32. The normalized spacial score (nSPS) is 17.6. The molecule has 0 spiro atoms. The number of nitrogens with one attached hydrogen (secondary N) is 2. The monoisotopic (exact) mass is 404 g/mol. The standard InChI is InChI=1S/C18H27F3N4OS/c1-22-17(23-7-12-27-2)24-13-16(25-8-10-26-11-9-25)14-3-5-15(6-4-14)18(19,20)21/h3-6,16H,7-13H2,1-2H3,(H2,22,23,24). The van der Waals surface area contributed by atoms with Gasteiger partial charge in [-0.05, 0) is 24.0 Å². The maximum Gasteiger partial charge on any atom is 0.416 e. The van der Waals surface area contributed by atoms with Gasteiger partial charge in [0.1, 0.15) is 0 Å². The Kier molecular flexibility index (Phi) is 8.72. The van der Waals surface area contributed by atoms with Crippen molar-refractivity contribution in [2.75, 3.05) is 58.4 Å². The number of morpholine rings is 1. The van der Waals surface area contributed by atoms with Crippen LogP contribution in [-0.2, 0) is 10.9 Å². The molecule has 0 amide bonds. The first kappa shape index (κ1) is 21.8. The van der Waals surface area contributed by atoms with Crippen molar-refractivity contribution in [3.8, 4) is 0 Å². The molecule has 1 aromatic carbocycles. The van der Waals surface area contributed by atoms with Gasteiger partial charge in [0.2, 0.25) is 0 Å². The summed E-state index contributed by atoms with van der Waals surface area (Å²) in [6.07, 6.45) is -2.29. The lowest BCUT2D eigenvalue weighted by atomic mass is 10.0. The van der Waals surface area contributed by atoms with E-state index < -0.39 is 11.7 Å². The molecule has 1 heterocycles.